The van der Waals surface area contributed by atoms with E-state index in [0.29, 0.717) is 0 Å². The molecule has 0 amide bonds. The van der Waals surface area contributed by atoms with Crippen LogP contribution in [0.15, 0.2) is 158 Å². The monoisotopic (exact) mass is 578 g/mol. The number of benzene rings is 6. The van der Waals surface area contributed by atoms with Crippen LogP contribution in [0.2, 0.25) is 0 Å². The van der Waals surface area contributed by atoms with Gasteiger partial charge in [0.05, 0.1) is 16.7 Å². The molecule has 3 aromatic heterocycles. The third kappa shape index (κ3) is 3.98. The molecule has 0 unspecified atom stereocenters. The van der Waals surface area contributed by atoms with Gasteiger partial charge in [0.25, 0.3) is 0 Å². The molecule has 0 aliphatic rings. The Morgan fingerprint density at radius 2 is 1.18 bits per heavy atom. The van der Waals surface area contributed by atoms with Crippen molar-refractivity contribution in [2.75, 3.05) is 0 Å². The van der Waals surface area contributed by atoms with Gasteiger partial charge in [0, 0.05) is 54.0 Å². The highest BCUT2D eigenvalue weighted by Gasteiger charge is 2.17. The molecule has 0 aliphatic carbocycles. The summed E-state index contributed by atoms with van der Waals surface area (Å²) in [4.78, 5) is 4.88. The first-order valence-electron chi connectivity index (χ1n) is 14.9. The highest BCUT2D eigenvalue weighted by Crippen LogP contribution is 2.40. The van der Waals surface area contributed by atoms with Gasteiger partial charge in [-0.05, 0) is 65.2 Å². The lowest BCUT2D eigenvalue weighted by atomic mass is 9.98. The van der Waals surface area contributed by atoms with E-state index in [-0.39, 0.29) is 0 Å². The van der Waals surface area contributed by atoms with E-state index in [0.717, 1.165) is 16.8 Å². The standard InChI is InChI=1S/C41H26N2S/c1-3-10-27(11-4-1)29-17-20-33-35-24-30(41-32(15-9-23-42-41)28-12-5-2-6-13-28)18-21-37(35)43(38(33)25-29)31-19-22-40-36(26-31)34-14-7-8-16-39(34)44-40/h1-26H. The van der Waals surface area contributed by atoms with Crippen molar-refractivity contribution in [3.63, 3.8) is 0 Å². The van der Waals surface area contributed by atoms with Crippen molar-refractivity contribution >= 4 is 53.3 Å². The fourth-order valence-corrected chi connectivity index (χ4v) is 7.68. The average molecular weight is 579 g/mol. The van der Waals surface area contributed by atoms with Crippen molar-refractivity contribution < 1.29 is 0 Å². The molecule has 3 heteroatoms. The molecule has 44 heavy (non-hydrogen) atoms. The van der Waals surface area contributed by atoms with Crippen molar-refractivity contribution in [2.24, 2.45) is 0 Å². The van der Waals surface area contributed by atoms with Gasteiger partial charge in [-0.2, -0.15) is 0 Å². The highest BCUT2D eigenvalue weighted by molar-refractivity contribution is 7.25. The van der Waals surface area contributed by atoms with Gasteiger partial charge in [0.2, 0.25) is 0 Å². The molecular formula is C41H26N2S. The number of nitrogens with zero attached hydrogens (tertiary/aromatic N) is 2. The van der Waals surface area contributed by atoms with Crippen LogP contribution in [0, 0.1) is 0 Å². The van der Waals surface area contributed by atoms with E-state index in [1.165, 1.54) is 64.4 Å². The van der Waals surface area contributed by atoms with E-state index in [9.17, 15) is 0 Å². The van der Waals surface area contributed by atoms with Gasteiger partial charge >= 0.3 is 0 Å². The molecule has 0 saturated heterocycles. The van der Waals surface area contributed by atoms with Crippen molar-refractivity contribution in [1.82, 2.24) is 9.55 Å². The van der Waals surface area contributed by atoms with Crippen LogP contribution in [0.25, 0.3) is 81.2 Å². The van der Waals surface area contributed by atoms with E-state index < -0.39 is 0 Å². The fraction of sp³-hybridized carbons (Fsp3) is 0. The predicted octanol–water partition coefficient (Wildman–Crippen LogP) is 11.5. The van der Waals surface area contributed by atoms with E-state index in [4.69, 9.17) is 4.98 Å². The summed E-state index contributed by atoms with van der Waals surface area (Å²) < 4.78 is 5.07. The third-order valence-electron chi connectivity index (χ3n) is 8.66. The number of hydrogen-bond donors (Lipinski definition) is 0. The molecule has 0 radical (unpaired) electrons. The largest absolute Gasteiger partial charge is 0.309 e. The molecule has 0 fully saturated rings. The summed E-state index contributed by atoms with van der Waals surface area (Å²) in [5, 5.41) is 5.06. The van der Waals surface area contributed by atoms with Gasteiger partial charge in [0.15, 0.2) is 0 Å². The van der Waals surface area contributed by atoms with Gasteiger partial charge in [-0.1, -0.05) is 103 Å². The van der Waals surface area contributed by atoms with Gasteiger partial charge in [-0.3, -0.25) is 4.98 Å². The Labute approximate surface area is 259 Å². The van der Waals surface area contributed by atoms with Crippen LogP contribution in [0.5, 0.6) is 0 Å². The lowest BCUT2D eigenvalue weighted by Gasteiger charge is -2.11. The molecule has 0 spiro atoms. The van der Waals surface area contributed by atoms with Crippen molar-refractivity contribution in [1.29, 1.82) is 0 Å². The molecule has 206 valence electrons. The minimum Gasteiger partial charge on any atom is -0.309 e. The quantitative estimate of drug-likeness (QED) is 0.203. The first kappa shape index (κ1) is 25.0. The van der Waals surface area contributed by atoms with Crippen molar-refractivity contribution in [3.05, 3.63) is 158 Å². The zero-order chi connectivity index (χ0) is 29.0. The maximum Gasteiger partial charge on any atom is 0.0780 e. The Morgan fingerprint density at radius 3 is 2.05 bits per heavy atom. The summed E-state index contributed by atoms with van der Waals surface area (Å²) >= 11 is 1.86. The Bertz CT molecular complexity index is 2490. The van der Waals surface area contributed by atoms with E-state index >= 15 is 0 Å². The predicted molar refractivity (Wildman–Crippen MR) is 188 cm³/mol. The summed E-state index contributed by atoms with van der Waals surface area (Å²) in [5.41, 5.74) is 10.4. The van der Waals surface area contributed by atoms with Crippen LogP contribution >= 0.6 is 11.3 Å². The number of fused-ring (bicyclic) bond motifs is 6. The van der Waals surface area contributed by atoms with Crippen LogP contribution in [-0.2, 0) is 0 Å². The van der Waals surface area contributed by atoms with E-state index in [1.807, 2.05) is 23.6 Å². The first-order chi connectivity index (χ1) is 21.8. The van der Waals surface area contributed by atoms with Gasteiger partial charge in [0.1, 0.15) is 0 Å². The molecule has 0 saturated carbocycles. The van der Waals surface area contributed by atoms with Crippen LogP contribution in [-0.4, -0.2) is 9.55 Å². The maximum absolute atomic E-state index is 4.88. The molecule has 9 aromatic rings. The lowest BCUT2D eigenvalue weighted by molar-refractivity contribution is 1.19. The molecule has 0 atom stereocenters. The average Bonchev–Trinajstić information content (AvgIpc) is 3.63. The summed E-state index contributed by atoms with van der Waals surface area (Å²) in [6, 6.07) is 54.7. The smallest absolute Gasteiger partial charge is 0.0780 e. The van der Waals surface area contributed by atoms with Crippen molar-refractivity contribution in [3.8, 4) is 39.2 Å². The second kappa shape index (κ2) is 10.0. The molecule has 0 aliphatic heterocycles. The van der Waals surface area contributed by atoms with Gasteiger partial charge in [-0.25, -0.2) is 0 Å². The summed E-state index contributed by atoms with van der Waals surface area (Å²) in [6.45, 7) is 0. The molecule has 3 heterocycles. The summed E-state index contributed by atoms with van der Waals surface area (Å²) in [6.07, 6.45) is 1.89. The second-order valence-corrected chi connectivity index (χ2v) is 12.3. The number of thiophene rings is 1. The zero-order valence-electron chi connectivity index (χ0n) is 23.8. The van der Waals surface area contributed by atoms with Gasteiger partial charge < -0.3 is 4.57 Å². The number of pyridine rings is 1. The Balaban J connectivity index is 1.32. The molecule has 2 nitrogen and oxygen atoms in total. The zero-order valence-corrected chi connectivity index (χ0v) is 24.6. The third-order valence-corrected chi connectivity index (χ3v) is 9.81. The second-order valence-electron chi connectivity index (χ2n) is 11.2. The summed E-state index contributed by atoms with van der Waals surface area (Å²) in [7, 11) is 0. The molecular weight excluding hydrogens is 553 g/mol. The SMILES string of the molecule is c1ccc(-c2ccc3c4cc(-c5ncccc5-c5ccccc5)ccc4n(-c4ccc5sc6ccccc6c5c4)c3c2)cc1. The van der Waals surface area contributed by atoms with Crippen LogP contribution < -0.4 is 0 Å². The molecule has 0 bridgehead atoms. The Morgan fingerprint density at radius 1 is 0.432 bits per heavy atom. The topological polar surface area (TPSA) is 17.8 Å². The van der Waals surface area contributed by atoms with Crippen LogP contribution in [0.3, 0.4) is 0 Å². The number of aromatic nitrogens is 2. The Kier molecular flexibility index (Phi) is 5.71. The highest BCUT2D eigenvalue weighted by atomic mass is 32.1. The Hall–Kier alpha value is -5.51. The summed E-state index contributed by atoms with van der Waals surface area (Å²) in [5.74, 6) is 0. The number of hydrogen-bond acceptors (Lipinski definition) is 2. The van der Waals surface area contributed by atoms with Crippen LogP contribution in [0.1, 0.15) is 0 Å². The molecule has 9 rings (SSSR count). The van der Waals surface area contributed by atoms with Crippen LogP contribution in [0.4, 0.5) is 0 Å². The lowest BCUT2D eigenvalue weighted by Crippen LogP contribution is -1.94. The van der Waals surface area contributed by atoms with E-state index in [2.05, 4.69) is 150 Å². The molecule has 0 N–H and O–H groups in total. The maximum atomic E-state index is 4.88. The normalized spacial score (nSPS) is 11.6. The number of rotatable bonds is 4. The minimum absolute atomic E-state index is 0.994. The minimum atomic E-state index is 0.994. The van der Waals surface area contributed by atoms with E-state index in [1.54, 1.807) is 0 Å². The van der Waals surface area contributed by atoms with Crippen molar-refractivity contribution in [2.45, 2.75) is 0 Å². The fourth-order valence-electron chi connectivity index (χ4n) is 6.60. The molecule has 6 aromatic carbocycles. The van der Waals surface area contributed by atoms with Gasteiger partial charge in [-0.15, -0.1) is 11.3 Å². The first-order valence-corrected chi connectivity index (χ1v) is 15.7.